The highest BCUT2D eigenvalue weighted by Crippen LogP contribution is 2.43. The van der Waals surface area contributed by atoms with E-state index in [0.717, 1.165) is 22.5 Å². The molecule has 1 saturated heterocycles. The molecule has 0 atom stereocenters. The topological polar surface area (TPSA) is 84.9 Å². The van der Waals surface area contributed by atoms with Crippen molar-refractivity contribution >= 4 is 22.7 Å². The summed E-state index contributed by atoms with van der Waals surface area (Å²) in [4.78, 5) is 11.3. The number of aryl methyl sites for hydroxylation is 2. The quantitative estimate of drug-likeness (QED) is 0.696. The number of nitrogens with zero attached hydrogens (tertiary/aromatic N) is 5. The van der Waals surface area contributed by atoms with E-state index in [0.29, 0.717) is 17.4 Å². The molecule has 5 rings (SSSR count). The van der Waals surface area contributed by atoms with Gasteiger partial charge in [0.2, 0.25) is 5.95 Å². The fourth-order valence-electron chi connectivity index (χ4n) is 5.35. The zero-order chi connectivity index (χ0) is 20.9. The molecule has 2 aliphatic rings. The smallest absolute Gasteiger partial charge is 0.221 e. The molecule has 1 aliphatic heterocycles. The Kier molecular flexibility index (Phi) is 4.65. The molecule has 1 spiro atoms. The lowest BCUT2D eigenvalue weighted by Crippen LogP contribution is -2.40. The number of hydrogen-bond acceptors (Lipinski definition) is 6. The van der Waals surface area contributed by atoms with E-state index < -0.39 is 0 Å². The first-order valence-corrected chi connectivity index (χ1v) is 11.0. The van der Waals surface area contributed by atoms with Crippen molar-refractivity contribution in [2.45, 2.75) is 45.1 Å². The number of fused-ring (bicyclic) bond motifs is 1. The van der Waals surface area contributed by atoms with Crippen LogP contribution in [0.1, 0.15) is 37.8 Å². The van der Waals surface area contributed by atoms with Crippen LogP contribution in [0.5, 0.6) is 0 Å². The van der Waals surface area contributed by atoms with Crippen LogP contribution in [0.3, 0.4) is 0 Å². The van der Waals surface area contributed by atoms with Gasteiger partial charge in [-0.25, -0.2) is 4.98 Å². The summed E-state index contributed by atoms with van der Waals surface area (Å²) in [5.74, 6) is 1.24. The highest BCUT2D eigenvalue weighted by Gasteiger charge is 2.39. The molecule has 0 bridgehead atoms. The summed E-state index contributed by atoms with van der Waals surface area (Å²) in [6.07, 6.45) is 8.13. The van der Waals surface area contributed by atoms with E-state index in [2.05, 4.69) is 57.5 Å². The zero-order valence-electron chi connectivity index (χ0n) is 18.1. The van der Waals surface area contributed by atoms with Gasteiger partial charge in [-0.3, -0.25) is 4.68 Å². The molecule has 0 unspecified atom stereocenters. The standard InChI is InChI=1S/C23H31N7/c1-15-18-5-4-16(12-20(18)28-30(15)3)19-13-26-22(24)27-21(19)29(2)17-6-8-23(9-7-17)10-11-25-14-23/h4-5,12-13,17,25H,6-11,14H2,1-3H3,(H2,24,26,27). The average molecular weight is 406 g/mol. The first-order valence-electron chi connectivity index (χ1n) is 11.0. The summed E-state index contributed by atoms with van der Waals surface area (Å²) in [6, 6.07) is 6.90. The van der Waals surface area contributed by atoms with E-state index in [-0.39, 0.29) is 0 Å². The second-order valence-electron chi connectivity index (χ2n) is 9.18. The molecule has 3 N–H and O–H groups in total. The SMILES string of the molecule is Cc1c2ccc(-c3cnc(N)nc3N(C)C3CCC4(CCNC4)CC3)cc2nn1C. The molecule has 158 valence electrons. The fraction of sp³-hybridized carbons (Fsp3) is 0.522. The monoisotopic (exact) mass is 405 g/mol. The highest BCUT2D eigenvalue weighted by atomic mass is 15.3. The van der Waals surface area contributed by atoms with Gasteiger partial charge in [0.1, 0.15) is 5.82 Å². The normalized spacial score (nSPS) is 24.0. The van der Waals surface area contributed by atoms with E-state index in [1.165, 1.54) is 56.3 Å². The number of nitrogens with one attached hydrogen (secondary N) is 1. The molecule has 7 heteroatoms. The molecule has 3 aromatic rings. The van der Waals surface area contributed by atoms with Crippen LogP contribution < -0.4 is 16.0 Å². The number of nitrogens with two attached hydrogens (primary N) is 1. The van der Waals surface area contributed by atoms with Crippen LogP contribution in [0.15, 0.2) is 24.4 Å². The van der Waals surface area contributed by atoms with Gasteiger partial charge in [-0.15, -0.1) is 0 Å². The van der Waals surface area contributed by atoms with Crippen molar-refractivity contribution < 1.29 is 0 Å². The largest absolute Gasteiger partial charge is 0.368 e. The Morgan fingerprint density at radius 1 is 1.23 bits per heavy atom. The molecule has 0 amide bonds. The van der Waals surface area contributed by atoms with Gasteiger partial charge in [-0.2, -0.15) is 10.1 Å². The van der Waals surface area contributed by atoms with Crippen molar-refractivity contribution in [3.05, 3.63) is 30.1 Å². The maximum atomic E-state index is 6.01. The Morgan fingerprint density at radius 3 is 2.77 bits per heavy atom. The zero-order valence-corrected chi connectivity index (χ0v) is 18.1. The molecule has 0 radical (unpaired) electrons. The van der Waals surface area contributed by atoms with Gasteiger partial charge in [-0.05, 0) is 62.6 Å². The molecule has 2 fully saturated rings. The summed E-state index contributed by atoms with van der Waals surface area (Å²) in [7, 11) is 4.14. The van der Waals surface area contributed by atoms with Crippen LogP contribution in [0.25, 0.3) is 22.0 Å². The second kappa shape index (κ2) is 7.23. The van der Waals surface area contributed by atoms with Gasteiger partial charge in [0.15, 0.2) is 0 Å². The number of nitrogen functional groups attached to an aromatic ring is 1. The maximum absolute atomic E-state index is 6.01. The van der Waals surface area contributed by atoms with Crippen LogP contribution in [0.4, 0.5) is 11.8 Å². The molecule has 3 heterocycles. The lowest BCUT2D eigenvalue weighted by molar-refractivity contribution is 0.197. The highest BCUT2D eigenvalue weighted by molar-refractivity contribution is 5.88. The second-order valence-corrected chi connectivity index (χ2v) is 9.18. The van der Waals surface area contributed by atoms with Crippen LogP contribution in [-0.2, 0) is 7.05 Å². The molecule has 1 aromatic carbocycles. The van der Waals surface area contributed by atoms with E-state index in [1.807, 2.05) is 17.9 Å². The van der Waals surface area contributed by atoms with E-state index in [1.54, 1.807) is 0 Å². The Bertz CT molecular complexity index is 1070. The van der Waals surface area contributed by atoms with E-state index in [9.17, 15) is 0 Å². The summed E-state index contributed by atoms with van der Waals surface area (Å²) >= 11 is 0. The molecule has 1 saturated carbocycles. The summed E-state index contributed by atoms with van der Waals surface area (Å²) < 4.78 is 1.93. The lowest BCUT2D eigenvalue weighted by Gasteiger charge is -2.41. The Labute approximate surface area is 177 Å². The van der Waals surface area contributed by atoms with Crippen molar-refractivity contribution in [3.63, 3.8) is 0 Å². The molecule has 7 nitrogen and oxygen atoms in total. The van der Waals surface area contributed by atoms with Crippen molar-refractivity contribution in [1.82, 2.24) is 25.1 Å². The third-order valence-electron chi connectivity index (χ3n) is 7.46. The summed E-state index contributed by atoms with van der Waals surface area (Å²) in [5.41, 5.74) is 10.8. The van der Waals surface area contributed by atoms with Crippen molar-refractivity contribution in [2.75, 3.05) is 30.8 Å². The predicted molar refractivity (Wildman–Crippen MR) is 121 cm³/mol. The summed E-state index contributed by atoms with van der Waals surface area (Å²) in [6.45, 7) is 4.44. The van der Waals surface area contributed by atoms with Gasteiger partial charge < -0.3 is 16.0 Å². The third-order valence-corrected chi connectivity index (χ3v) is 7.46. The summed E-state index contributed by atoms with van der Waals surface area (Å²) in [5, 5.41) is 9.39. The molecular weight excluding hydrogens is 374 g/mol. The number of hydrogen-bond donors (Lipinski definition) is 2. The molecule has 30 heavy (non-hydrogen) atoms. The van der Waals surface area contributed by atoms with Crippen LogP contribution >= 0.6 is 0 Å². The predicted octanol–water partition coefficient (Wildman–Crippen LogP) is 3.28. The van der Waals surface area contributed by atoms with Crippen molar-refractivity contribution in [2.24, 2.45) is 12.5 Å². The molecule has 2 aromatic heterocycles. The minimum atomic E-state index is 0.322. The maximum Gasteiger partial charge on any atom is 0.221 e. The Hall–Kier alpha value is -2.67. The molecule has 1 aliphatic carbocycles. The first kappa shape index (κ1) is 19.3. The number of rotatable bonds is 3. The Balaban J connectivity index is 1.46. The number of benzene rings is 1. The van der Waals surface area contributed by atoms with Crippen LogP contribution in [-0.4, -0.2) is 45.9 Å². The van der Waals surface area contributed by atoms with E-state index >= 15 is 0 Å². The van der Waals surface area contributed by atoms with Gasteiger partial charge >= 0.3 is 0 Å². The van der Waals surface area contributed by atoms with Crippen LogP contribution in [0.2, 0.25) is 0 Å². The minimum absolute atomic E-state index is 0.322. The minimum Gasteiger partial charge on any atom is -0.368 e. The van der Waals surface area contributed by atoms with Gasteiger partial charge in [0, 0.05) is 49.5 Å². The van der Waals surface area contributed by atoms with Crippen molar-refractivity contribution in [3.8, 4) is 11.1 Å². The number of anilines is 2. The number of aromatic nitrogens is 4. The Morgan fingerprint density at radius 2 is 2.03 bits per heavy atom. The fourth-order valence-corrected chi connectivity index (χ4v) is 5.35. The van der Waals surface area contributed by atoms with Crippen LogP contribution in [0, 0.1) is 12.3 Å². The molecular formula is C23H31N7. The third kappa shape index (κ3) is 3.21. The lowest BCUT2D eigenvalue weighted by atomic mass is 9.71. The van der Waals surface area contributed by atoms with E-state index in [4.69, 9.17) is 5.73 Å². The first-order chi connectivity index (χ1) is 14.5. The van der Waals surface area contributed by atoms with Gasteiger partial charge in [-0.1, -0.05) is 12.1 Å². The van der Waals surface area contributed by atoms with Gasteiger partial charge in [0.05, 0.1) is 5.52 Å². The average Bonchev–Trinajstić information content (AvgIpc) is 3.32. The van der Waals surface area contributed by atoms with Crippen molar-refractivity contribution in [1.29, 1.82) is 0 Å². The van der Waals surface area contributed by atoms with Gasteiger partial charge in [0.25, 0.3) is 0 Å².